The highest BCUT2D eigenvalue weighted by Gasteiger charge is 2.22. The maximum absolute atomic E-state index is 12.2. The van der Waals surface area contributed by atoms with E-state index in [4.69, 9.17) is 14.2 Å². The Bertz CT molecular complexity index is 672. The first kappa shape index (κ1) is 22.6. The number of amides is 1. The van der Waals surface area contributed by atoms with Gasteiger partial charge in [-0.2, -0.15) is 11.8 Å². The van der Waals surface area contributed by atoms with Crippen LogP contribution in [0.25, 0.3) is 6.08 Å². The minimum Gasteiger partial charge on any atom is -0.493 e. The van der Waals surface area contributed by atoms with Crippen molar-refractivity contribution in [3.05, 3.63) is 42.5 Å². The molecule has 0 bridgehead atoms. The number of methoxy groups -OCH3 is 2. The molecule has 0 aliphatic rings. The van der Waals surface area contributed by atoms with Crippen molar-refractivity contribution in [3.8, 4) is 11.5 Å². The molecule has 0 spiro atoms. The van der Waals surface area contributed by atoms with E-state index >= 15 is 0 Å². The van der Waals surface area contributed by atoms with Gasteiger partial charge in [-0.15, -0.1) is 6.58 Å². The molecule has 1 N–H and O–H groups in total. The van der Waals surface area contributed by atoms with Gasteiger partial charge in [-0.3, -0.25) is 4.79 Å². The number of benzene rings is 1. The monoisotopic (exact) mass is 393 g/mol. The molecule has 148 valence electrons. The number of ether oxygens (including phenoxy) is 3. The summed E-state index contributed by atoms with van der Waals surface area (Å²) in [5.41, 5.74) is 0.769. The standard InChI is InChI=1S/C20H27NO5S/c1-6-11-27-13-16(20(23)26-14(2)3)21-19(22)10-8-15-7-9-17(24-4)18(12-15)25-5/h6-10,12,14,16H,1,11,13H2,2-5H3,(H,21,22)/b10-8+. The summed E-state index contributed by atoms with van der Waals surface area (Å²) in [6.45, 7) is 7.18. The molecule has 1 unspecified atom stereocenters. The minimum atomic E-state index is -0.722. The third kappa shape index (κ3) is 8.21. The maximum atomic E-state index is 12.2. The summed E-state index contributed by atoms with van der Waals surface area (Å²) in [5.74, 6) is 1.44. The highest BCUT2D eigenvalue weighted by Crippen LogP contribution is 2.27. The molecule has 0 saturated carbocycles. The number of thioether (sulfide) groups is 1. The second-order valence-electron chi connectivity index (χ2n) is 5.82. The van der Waals surface area contributed by atoms with E-state index in [-0.39, 0.29) is 12.0 Å². The second-order valence-corrected chi connectivity index (χ2v) is 6.90. The Labute approximate surface area is 164 Å². The van der Waals surface area contributed by atoms with E-state index in [1.165, 1.54) is 17.8 Å². The highest BCUT2D eigenvalue weighted by atomic mass is 32.2. The van der Waals surface area contributed by atoms with Gasteiger partial charge in [0.05, 0.1) is 20.3 Å². The van der Waals surface area contributed by atoms with Gasteiger partial charge < -0.3 is 19.5 Å². The molecule has 0 aliphatic heterocycles. The summed E-state index contributed by atoms with van der Waals surface area (Å²) in [5, 5.41) is 2.69. The molecular weight excluding hydrogens is 366 g/mol. The molecule has 1 amide bonds. The van der Waals surface area contributed by atoms with Crippen molar-refractivity contribution < 1.29 is 23.8 Å². The Morgan fingerprint density at radius 1 is 1.22 bits per heavy atom. The molecule has 7 heteroatoms. The zero-order valence-electron chi connectivity index (χ0n) is 16.2. The predicted molar refractivity (Wildman–Crippen MR) is 109 cm³/mol. The van der Waals surface area contributed by atoms with Crippen molar-refractivity contribution in [2.45, 2.75) is 26.0 Å². The van der Waals surface area contributed by atoms with Crippen molar-refractivity contribution in [2.75, 3.05) is 25.7 Å². The molecule has 0 saturated heterocycles. The van der Waals surface area contributed by atoms with Crippen LogP contribution in [0.5, 0.6) is 11.5 Å². The molecule has 6 nitrogen and oxygen atoms in total. The van der Waals surface area contributed by atoms with Gasteiger partial charge in [0.25, 0.3) is 0 Å². The molecule has 27 heavy (non-hydrogen) atoms. The van der Waals surface area contributed by atoms with Crippen LogP contribution in [0.15, 0.2) is 36.9 Å². The van der Waals surface area contributed by atoms with Crippen molar-refractivity contribution in [1.82, 2.24) is 5.32 Å². The second kappa shape index (κ2) is 12.1. The summed E-state index contributed by atoms with van der Waals surface area (Å²) in [6.07, 6.45) is 4.51. The lowest BCUT2D eigenvalue weighted by atomic mass is 10.2. The molecule has 1 rings (SSSR count). The van der Waals surface area contributed by atoms with Gasteiger partial charge in [0, 0.05) is 17.6 Å². The number of hydrogen-bond acceptors (Lipinski definition) is 6. The van der Waals surface area contributed by atoms with E-state index in [9.17, 15) is 9.59 Å². The Kier molecular flexibility index (Phi) is 10.1. The first-order valence-corrected chi connectivity index (χ1v) is 9.66. The summed E-state index contributed by atoms with van der Waals surface area (Å²) in [6, 6.07) is 4.59. The van der Waals surface area contributed by atoms with Gasteiger partial charge in [-0.05, 0) is 37.6 Å². The van der Waals surface area contributed by atoms with Crippen LogP contribution in [-0.2, 0) is 14.3 Å². The van der Waals surface area contributed by atoms with E-state index in [1.807, 2.05) is 0 Å². The predicted octanol–water partition coefficient (Wildman–Crippen LogP) is 3.07. The lowest BCUT2D eigenvalue weighted by Gasteiger charge is -2.18. The van der Waals surface area contributed by atoms with E-state index in [2.05, 4.69) is 11.9 Å². The molecule has 0 fully saturated rings. The normalized spacial score (nSPS) is 11.9. The van der Waals surface area contributed by atoms with E-state index < -0.39 is 12.0 Å². The lowest BCUT2D eigenvalue weighted by molar-refractivity contribution is -0.150. The third-order valence-electron chi connectivity index (χ3n) is 3.31. The molecule has 0 aliphatic carbocycles. The van der Waals surface area contributed by atoms with Gasteiger partial charge in [0.2, 0.25) is 5.91 Å². The number of hydrogen-bond donors (Lipinski definition) is 1. The quantitative estimate of drug-likeness (QED) is 0.270. The SMILES string of the molecule is C=CCSCC(NC(=O)/C=C/c1ccc(OC)c(OC)c1)C(=O)OC(C)C. The van der Waals surface area contributed by atoms with E-state index in [0.717, 1.165) is 5.56 Å². The maximum Gasteiger partial charge on any atom is 0.329 e. The average molecular weight is 394 g/mol. The number of carbonyl (C=O) groups excluding carboxylic acids is 2. The zero-order chi connectivity index (χ0) is 20.2. The Balaban J connectivity index is 2.77. The zero-order valence-corrected chi connectivity index (χ0v) is 17.0. The molecule has 1 atom stereocenters. The van der Waals surface area contributed by atoms with E-state index in [0.29, 0.717) is 23.0 Å². The lowest BCUT2D eigenvalue weighted by Crippen LogP contribution is -2.43. The van der Waals surface area contributed by atoms with Crippen LogP contribution in [0.2, 0.25) is 0 Å². The van der Waals surface area contributed by atoms with Gasteiger partial charge in [-0.25, -0.2) is 4.79 Å². The van der Waals surface area contributed by atoms with Crippen molar-refractivity contribution >= 4 is 29.7 Å². The van der Waals surface area contributed by atoms with Crippen LogP contribution in [-0.4, -0.2) is 49.7 Å². The number of rotatable bonds is 11. The Morgan fingerprint density at radius 2 is 1.93 bits per heavy atom. The minimum absolute atomic E-state index is 0.247. The average Bonchev–Trinajstić information content (AvgIpc) is 2.64. The largest absolute Gasteiger partial charge is 0.493 e. The third-order valence-corrected chi connectivity index (χ3v) is 4.35. The Morgan fingerprint density at radius 3 is 2.52 bits per heavy atom. The fraction of sp³-hybridized carbons (Fsp3) is 0.400. The van der Waals surface area contributed by atoms with Crippen LogP contribution in [0.1, 0.15) is 19.4 Å². The molecule has 1 aromatic rings. The molecular formula is C20H27NO5S. The number of carbonyl (C=O) groups is 2. The summed E-state index contributed by atoms with van der Waals surface area (Å²) in [4.78, 5) is 24.4. The van der Waals surface area contributed by atoms with Gasteiger partial charge in [-0.1, -0.05) is 12.1 Å². The van der Waals surface area contributed by atoms with Crippen LogP contribution >= 0.6 is 11.8 Å². The summed E-state index contributed by atoms with van der Waals surface area (Å²) >= 11 is 1.49. The first-order valence-electron chi connectivity index (χ1n) is 8.51. The summed E-state index contributed by atoms with van der Waals surface area (Å²) < 4.78 is 15.6. The van der Waals surface area contributed by atoms with Crippen molar-refractivity contribution in [1.29, 1.82) is 0 Å². The van der Waals surface area contributed by atoms with Crippen LogP contribution in [0, 0.1) is 0 Å². The highest BCUT2D eigenvalue weighted by molar-refractivity contribution is 7.99. The van der Waals surface area contributed by atoms with Gasteiger partial charge >= 0.3 is 5.97 Å². The fourth-order valence-electron chi connectivity index (χ4n) is 2.10. The molecule has 0 aromatic heterocycles. The number of nitrogens with one attached hydrogen (secondary N) is 1. The Hall–Kier alpha value is -2.41. The first-order chi connectivity index (χ1) is 12.9. The summed E-state index contributed by atoms with van der Waals surface area (Å²) in [7, 11) is 3.10. The van der Waals surface area contributed by atoms with Crippen LogP contribution in [0.4, 0.5) is 0 Å². The van der Waals surface area contributed by atoms with Crippen LogP contribution in [0.3, 0.4) is 0 Å². The topological polar surface area (TPSA) is 73.9 Å². The molecule has 0 heterocycles. The van der Waals surface area contributed by atoms with E-state index in [1.54, 1.807) is 58.4 Å². The fourth-order valence-corrected chi connectivity index (χ4v) is 2.86. The van der Waals surface area contributed by atoms with Crippen molar-refractivity contribution in [2.24, 2.45) is 0 Å². The molecule has 1 aromatic carbocycles. The molecule has 0 radical (unpaired) electrons. The number of esters is 1. The van der Waals surface area contributed by atoms with Gasteiger partial charge in [0.1, 0.15) is 6.04 Å². The van der Waals surface area contributed by atoms with Gasteiger partial charge in [0.15, 0.2) is 11.5 Å². The van der Waals surface area contributed by atoms with Crippen molar-refractivity contribution in [3.63, 3.8) is 0 Å². The smallest absolute Gasteiger partial charge is 0.329 e. The van der Waals surface area contributed by atoms with Crippen LogP contribution < -0.4 is 14.8 Å².